The molecule has 1 N–H and O–H groups in total. The first kappa shape index (κ1) is 8.83. The van der Waals surface area contributed by atoms with Crippen molar-refractivity contribution in [2.45, 2.75) is 6.92 Å². The summed E-state index contributed by atoms with van der Waals surface area (Å²) >= 11 is 0. The van der Waals surface area contributed by atoms with Crippen LogP contribution in [0.1, 0.15) is 6.92 Å². The summed E-state index contributed by atoms with van der Waals surface area (Å²) in [6.07, 6.45) is 0. The number of hydrogen-bond acceptors (Lipinski definition) is 1. The van der Waals surface area contributed by atoms with Gasteiger partial charge in [-0.25, -0.2) is 0 Å². The van der Waals surface area contributed by atoms with E-state index in [1.807, 2.05) is 0 Å². The molecule has 0 aromatic carbocycles. The van der Waals surface area contributed by atoms with Gasteiger partial charge in [0.15, 0.2) is 0 Å². The number of hydrogen-bond donors (Lipinski definition) is 1. The van der Waals surface area contributed by atoms with Crippen LogP contribution in [0.5, 0.6) is 0 Å². The molecular formula is C2H7IO. The second kappa shape index (κ2) is 9.35. The average molecular weight is 174 g/mol. The minimum absolute atomic E-state index is 0. The Balaban J connectivity index is 0. The lowest BCUT2D eigenvalue weighted by molar-refractivity contribution is 0.318. The van der Waals surface area contributed by atoms with E-state index in [0.29, 0.717) is 0 Å². The SMILES string of the molecule is CCO.I. The van der Waals surface area contributed by atoms with Crippen molar-refractivity contribution in [2.75, 3.05) is 6.61 Å². The van der Waals surface area contributed by atoms with Crippen molar-refractivity contribution in [3.8, 4) is 0 Å². The molecule has 4 heavy (non-hydrogen) atoms. The Bertz CT molecular complexity index is 6.00. The Hall–Kier alpha value is 0.690. The summed E-state index contributed by atoms with van der Waals surface area (Å²) in [5.74, 6) is 0. The van der Waals surface area contributed by atoms with Gasteiger partial charge in [0, 0.05) is 6.61 Å². The highest BCUT2D eigenvalue weighted by Gasteiger charge is 1.34. The summed E-state index contributed by atoms with van der Waals surface area (Å²) in [5, 5.41) is 7.57. The summed E-state index contributed by atoms with van der Waals surface area (Å²) in [7, 11) is 0. The van der Waals surface area contributed by atoms with Crippen molar-refractivity contribution in [3.05, 3.63) is 0 Å². The van der Waals surface area contributed by atoms with Gasteiger partial charge in [-0.3, -0.25) is 0 Å². The molecule has 0 saturated carbocycles. The predicted octanol–water partition coefficient (Wildman–Crippen LogP) is 0.617. The first-order valence-electron chi connectivity index (χ1n) is 1.02. The number of rotatable bonds is 0. The molecule has 2 heteroatoms. The van der Waals surface area contributed by atoms with E-state index in [1.165, 1.54) is 0 Å². The third-order valence-corrected chi connectivity index (χ3v) is 0. The van der Waals surface area contributed by atoms with E-state index in [4.69, 9.17) is 5.11 Å². The average Bonchev–Trinajstić information content (AvgIpc) is 0.918. The van der Waals surface area contributed by atoms with Crippen LogP contribution < -0.4 is 0 Å². The monoisotopic (exact) mass is 174 g/mol. The molecule has 0 rings (SSSR count). The molecule has 0 atom stereocenters. The quantitative estimate of drug-likeness (QED) is 0.533. The lowest BCUT2D eigenvalue weighted by Gasteiger charge is -1.52. The number of aliphatic hydroxyl groups excluding tert-OH is 1. The van der Waals surface area contributed by atoms with Crippen LogP contribution >= 0.6 is 24.0 Å². The molecular weight excluding hydrogens is 167 g/mol. The largest absolute Gasteiger partial charge is 0.397 e. The Morgan fingerprint density at radius 3 is 1.75 bits per heavy atom. The second-order valence-electron chi connectivity index (χ2n) is 0.316. The highest BCUT2D eigenvalue weighted by molar-refractivity contribution is 14.0. The molecule has 28 valence electrons. The zero-order valence-electron chi connectivity index (χ0n) is 2.56. The molecule has 0 saturated heterocycles. The smallest absolute Gasteiger partial charge is 0.0402 e. The highest BCUT2D eigenvalue weighted by Crippen LogP contribution is 1.30. The fourth-order valence-electron chi connectivity index (χ4n) is 0. The van der Waals surface area contributed by atoms with Gasteiger partial charge in [-0.05, 0) is 6.92 Å². The molecule has 0 radical (unpaired) electrons. The van der Waals surface area contributed by atoms with Crippen LogP contribution in [0.4, 0.5) is 0 Å². The Morgan fingerprint density at radius 1 is 1.75 bits per heavy atom. The van der Waals surface area contributed by atoms with Gasteiger partial charge in [0.05, 0.1) is 0 Å². The first-order chi connectivity index (χ1) is 1.41. The van der Waals surface area contributed by atoms with Crippen LogP contribution in [0.2, 0.25) is 0 Å². The molecule has 0 aliphatic rings. The fraction of sp³-hybridized carbons (Fsp3) is 1.00. The van der Waals surface area contributed by atoms with E-state index in [-0.39, 0.29) is 30.6 Å². The van der Waals surface area contributed by atoms with E-state index in [2.05, 4.69) is 0 Å². The van der Waals surface area contributed by atoms with E-state index in [9.17, 15) is 0 Å². The van der Waals surface area contributed by atoms with Crippen LogP contribution in [-0.2, 0) is 0 Å². The third kappa shape index (κ3) is 16.1. The maximum Gasteiger partial charge on any atom is 0.0402 e. The molecule has 0 heterocycles. The minimum Gasteiger partial charge on any atom is -0.397 e. The maximum atomic E-state index is 7.57. The van der Waals surface area contributed by atoms with Gasteiger partial charge in [-0.15, -0.1) is 24.0 Å². The maximum absolute atomic E-state index is 7.57. The van der Waals surface area contributed by atoms with Crippen molar-refractivity contribution < 1.29 is 5.11 Å². The summed E-state index contributed by atoms with van der Waals surface area (Å²) < 4.78 is 0. The molecule has 1 nitrogen and oxygen atoms in total. The van der Waals surface area contributed by atoms with Crippen LogP contribution in [0.25, 0.3) is 0 Å². The van der Waals surface area contributed by atoms with Crippen molar-refractivity contribution in [2.24, 2.45) is 0 Å². The van der Waals surface area contributed by atoms with Crippen molar-refractivity contribution >= 4 is 24.0 Å². The molecule has 0 amide bonds. The topological polar surface area (TPSA) is 20.2 Å². The summed E-state index contributed by atoms with van der Waals surface area (Å²) in [4.78, 5) is 0. The van der Waals surface area contributed by atoms with Crippen LogP contribution in [0.3, 0.4) is 0 Å². The molecule has 0 spiro atoms. The lowest BCUT2D eigenvalue weighted by atomic mass is 10.9. The molecule has 0 fully saturated rings. The van der Waals surface area contributed by atoms with E-state index >= 15 is 0 Å². The van der Waals surface area contributed by atoms with Gasteiger partial charge in [-0.2, -0.15) is 0 Å². The zero-order valence-corrected chi connectivity index (χ0v) is 4.89. The van der Waals surface area contributed by atoms with Crippen molar-refractivity contribution in [1.29, 1.82) is 0 Å². The lowest BCUT2D eigenvalue weighted by Crippen LogP contribution is -1.57. The molecule has 0 unspecified atom stereocenters. The Morgan fingerprint density at radius 2 is 1.75 bits per heavy atom. The number of halogens is 1. The van der Waals surface area contributed by atoms with Gasteiger partial charge in [0.2, 0.25) is 0 Å². The fourth-order valence-corrected chi connectivity index (χ4v) is 0. The third-order valence-electron chi connectivity index (χ3n) is 0. The van der Waals surface area contributed by atoms with Gasteiger partial charge >= 0.3 is 0 Å². The summed E-state index contributed by atoms with van der Waals surface area (Å²) in [6, 6.07) is 0. The van der Waals surface area contributed by atoms with Crippen LogP contribution in [0.15, 0.2) is 0 Å². The van der Waals surface area contributed by atoms with E-state index in [1.54, 1.807) is 6.92 Å². The standard InChI is InChI=1S/C2H6O.HI/c1-2-3;/h3H,2H2,1H3;1H. The second-order valence-corrected chi connectivity index (χ2v) is 0.316. The highest BCUT2D eigenvalue weighted by atomic mass is 127. The molecule has 0 aliphatic heterocycles. The summed E-state index contributed by atoms with van der Waals surface area (Å²) in [5.41, 5.74) is 0. The van der Waals surface area contributed by atoms with E-state index < -0.39 is 0 Å². The van der Waals surface area contributed by atoms with Gasteiger partial charge in [0.1, 0.15) is 0 Å². The van der Waals surface area contributed by atoms with E-state index in [0.717, 1.165) is 0 Å². The van der Waals surface area contributed by atoms with Crippen molar-refractivity contribution in [1.82, 2.24) is 0 Å². The predicted molar refractivity (Wildman–Crippen MR) is 28.2 cm³/mol. The zero-order chi connectivity index (χ0) is 2.71. The molecule has 0 aromatic heterocycles. The summed E-state index contributed by atoms with van der Waals surface area (Å²) in [6.45, 7) is 1.93. The minimum atomic E-state index is 0. The normalized spacial score (nSPS) is 4.50. The van der Waals surface area contributed by atoms with Gasteiger partial charge in [-0.1, -0.05) is 0 Å². The molecule has 0 aromatic rings. The Kier molecular flexibility index (Phi) is 20.6. The van der Waals surface area contributed by atoms with Gasteiger partial charge in [0.25, 0.3) is 0 Å². The molecule has 0 bridgehead atoms. The van der Waals surface area contributed by atoms with Crippen LogP contribution in [0, 0.1) is 0 Å². The van der Waals surface area contributed by atoms with Gasteiger partial charge < -0.3 is 5.11 Å². The first-order valence-corrected chi connectivity index (χ1v) is 1.02. The van der Waals surface area contributed by atoms with Crippen molar-refractivity contribution in [3.63, 3.8) is 0 Å². The van der Waals surface area contributed by atoms with Crippen LogP contribution in [-0.4, -0.2) is 11.7 Å². The molecule has 0 aliphatic carbocycles. The Labute approximate surface area is 43.0 Å². The number of aliphatic hydroxyl groups is 1.